The summed E-state index contributed by atoms with van der Waals surface area (Å²) >= 11 is 0. The van der Waals surface area contributed by atoms with E-state index in [-0.39, 0.29) is 0 Å². The third-order valence-corrected chi connectivity index (χ3v) is 3.96. The topological polar surface area (TPSA) is 105 Å². The van der Waals surface area contributed by atoms with Gasteiger partial charge in [-0.1, -0.05) is 13.0 Å². The summed E-state index contributed by atoms with van der Waals surface area (Å²) in [7, 11) is 0. The molecule has 7 heteroatoms. The normalized spacial score (nSPS) is 10.7. The van der Waals surface area contributed by atoms with Gasteiger partial charge in [-0.05, 0) is 25.5 Å². The molecule has 3 N–H and O–H groups in total. The fourth-order valence-corrected chi connectivity index (χ4v) is 2.73. The van der Waals surface area contributed by atoms with Crippen LogP contribution >= 0.6 is 0 Å². The minimum Gasteiger partial charge on any atom is -0.382 e. The number of nitrogens with two attached hydrogens (primary N) is 1. The molecule has 122 valence electrons. The number of hydrogen-bond donors (Lipinski definition) is 2. The molecule has 0 saturated carbocycles. The number of nitrogen functional groups attached to an aromatic ring is 1. The molecule has 0 spiro atoms. The van der Waals surface area contributed by atoms with Crippen molar-refractivity contribution in [2.45, 2.75) is 26.7 Å². The van der Waals surface area contributed by atoms with Gasteiger partial charge in [0.25, 0.3) is 0 Å². The number of hydrogen-bond acceptors (Lipinski definition) is 6. The van der Waals surface area contributed by atoms with Gasteiger partial charge in [0, 0.05) is 30.4 Å². The summed E-state index contributed by atoms with van der Waals surface area (Å²) < 4.78 is 1.55. The summed E-state index contributed by atoms with van der Waals surface area (Å²) in [5, 5.41) is 17.1. The standard InChI is InChI=1S/C17H19N7/c1-3-13-11(2)23-24-15(19)14(10-18)16(22-17(13)24)21-9-7-12-6-4-5-8-20-12/h4-6,8H,3,7,9,19H2,1-2H3,(H,21,22). The number of nitriles is 1. The quantitative estimate of drug-likeness (QED) is 0.745. The second-order valence-corrected chi connectivity index (χ2v) is 5.48. The SMILES string of the molecule is CCc1c(C)nn2c(N)c(C#N)c(NCCc3ccccn3)nc12. The van der Waals surface area contributed by atoms with E-state index in [0.29, 0.717) is 29.4 Å². The van der Waals surface area contributed by atoms with Crippen LogP contribution in [0.5, 0.6) is 0 Å². The van der Waals surface area contributed by atoms with Crippen LogP contribution in [0.2, 0.25) is 0 Å². The summed E-state index contributed by atoms with van der Waals surface area (Å²) in [6.45, 7) is 4.59. The van der Waals surface area contributed by atoms with Gasteiger partial charge < -0.3 is 11.1 Å². The first-order valence-electron chi connectivity index (χ1n) is 7.87. The summed E-state index contributed by atoms with van der Waals surface area (Å²) in [5.41, 5.74) is 10.1. The molecule has 0 amide bonds. The molecule has 0 aliphatic rings. The highest BCUT2D eigenvalue weighted by Gasteiger charge is 2.17. The average Bonchev–Trinajstić information content (AvgIpc) is 2.92. The van der Waals surface area contributed by atoms with Crippen LogP contribution in [-0.2, 0) is 12.8 Å². The predicted molar refractivity (Wildman–Crippen MR) is 92.7 cm³/mol. The monoisotopic (exact) mass is 321 g/mol. The van der Waals surface area contributed by atoms with Gasteiger partial charge in [0.05, 0.1) is 5.69 Å². The third-order valence-electron chi connectivity index (χ3n) is 3.96. The Kier molecular flexibility index (Phi) is 4.29. The van der Waals surface area contributed by atoms with Crippen molar-refractivity contribution < 1.29 is 0 Å². The van der Waals surface area contributed by atoms with Gasteiger partial charge in [0.1, 0.15) is 23.3 Å². The first-order chi connectivity index (χ1) is 11.7. The number of anilines is 2. The number of nitrogens with one attached hydrogen (secondary N) is 1. The summed E-state index contributed by atoms with van der Waals surface area (Å²) in [6.07, 6.45) is 3.30. The second kappa shape index (κ2) is 6.54. The van der Waals surface area contributed by atoms with Crippen LogP contribution in [0.1, 0.15) is 29.4 Å². The van der Waals surface area contributed by atoms with Gasteiger partial charge in [0.15, 0.2) is 5.65 Å². The van der Waals surface area contributed by atoms with Crippen molar-refractivity contribution in [2.24, 2.45) is 0 Å². The molecule has 0 saturated heterocycles. The first kappa shape index (κ1) is 15.7. The predicted octanol–water partition coefficient (Wildman–Crippen LogP) is 2.10. The Labute approximate surface area is 140 Å². The molecule has 24 heavy (non-hydrogen) atoms. The van der Waals surface area contributed by atoms with Crippen molar-refractivity contribution in [3.05, 3.63) is 46.9 Å². The van der Waals surface area contributed by atoms with Gasteiger partial charge >= 0.3 is 0 Å². The lowest BCUT2D eigenvalue weighted by molar-refractivity contribution is 0.915. The number of aromatic nitrogens is 4. The third kappa shape index (κ3) is 2.74. The maximum absolute atomic E-state index is 9.44. The number of pyridine rings is 1. The van der Waals surface area contributed by atoms with Crippen molar-refractivity contribution in [3.8, 4) is 6.07 Å². The summed E-state index contributed by atoms with van der Waals surface area (Å²) in [6, 6.07) is 7.93. The molecular formula is C17H19N7. The van der Waals surface area contributed by atoms with Gasteiger partial charge in [-0.3, -0.25) is 4.98 Å². The lowest BCUT2D eigenvalue weighted by Crippen LogP contribution is -2.12. The molecule has 3 rings (SSSR count). The minimum atomic E-state index is 0.311. The maximum Gasteiger partial charge on any atom is 0.163 e. The van der Waals surface area contributed by atoms with Crippen LogP contribution in [0, 0.1) is 18.3 Å². The molecule has 7 nitrogen and oxygen atoms in total. The van der Waals surface area contributed by atoms with Crippen LogP contribution in [0.15, 0.2) is 24.4 Å². The van der Waals surface area contributed by atoms with Crippen molar-refractivity contribution in [3.63, 3.8) is 0 Å². The van der Waals surface area contributed by atoms with E-state index in [9.17, 15) is 5.26 Å². The highest BCUT2D eigenvalue weighted by Crippen LogP contribution is 2.24. The molecule has 0 fully saturated rings. The first-order valence-corrected chi connectivity index (χ1v) is 7.87. The van der Waals surface area contributed by atoms with E-state index in [2.05, 4.69) is 26.5 Å². The Morgan fingerprint density at radius 3 is 2.88 bits per heavy atom. The van der Waals surface area contributed by atoms with Gasteiger partial charge in [-0.25, -0.2) is 4.98 Å². The molecule has 3 heterocycles. The Balaban J connectivity index is 1.93. The van der Waals surface area contributed by atoms with Crippen molar-refractivity contribution in [1.82, 2.24) is 19.6 Å². The van der Waals surface area contributed by atoms with E-state index < -0.39 is 0 Å². The van der Waals surface area contributed by atoms with Crippen LogP contribution < -0.4 is 11.1 Å². The molecule has 0 radical (unpaired) electrons. The fourth-order valence-electron chi connectivity index (χ4n) is 2.73. The zero-order chi connectivity index (χ0) is 17.1. The van der Waals surface area contributed by atoms with Crippen molar-refractivity contribution in [2.75, 3.05) is 17.6 Å². The van der Waals surface area contributed by atoms with Crippen LogP contribution in [0.3, 0.4) is 0 Å². The molecule has 0 unspecified atom stereocenters. The number of rotatable bonds is 5. The molecule has 0 aliphatic heterocycles. The summed E-state index contributed by atoms with van der Waals surface area (Å²) in [4.78, 5) is 8.88. The molecule has 0 atom stereocenters. The zero-order valence-electron chi connectivity index (χ0n) is 13.7. The second-order valence-electron chi connectivity index (χ2n) is 5.48. The van der Waals surface area contributed by atoms with Crippen LogP contribution in [0.4, 0.5) is 11.6 Å². The lowest BCUT2D eigenvalue weighted by Gasteiger charge is -2.10. The molecular weight excluding hydrogens is 302 g/mol. The van der Waals surface area contributed by atoms with Gasteiger partial charge in [-0.15, -0.1) is 0 Å². The van der Waals surface area contributed by atoms with E-state index in [1.165, 1.54) is 0 Å². The van der Waals surface area contributed by atoms with Crippen molar-refractivity contribution in [1.29, 1.82) is 5.26 Å². The molecule has 3 aromatic rings. The Morgan fingerprint density at radius 2 is 2.21 bits per heavy atom. The van der Waals surface area contributed by atoms with E-state index in [1.807, 2.05) is 32.0 Å². The number of nitrogens with zero attached hydrogens (tertiary/aromatic N) is 5. The zero-order valence-corrected chi connectivity index (χ0v) is 13.7. The van der Waals surface area contributed by atoms with E-state index in [4.69, 9.17) is 5.73 Å². The smallest absolute Gasteiger partial charge is 0.163 e. The Bertz CT molecular complexity index is 906. The Morgan fingerprint density at radius 1 is 1.38 bits per heavy atom. The molecule has 0 aliphatic carbocycles. The largest absolute Gasteiger partial charge is 0.382 e. The highest BCUT2D eigenvalue weighted by atomic mass is 15.3. The van der Waals surface area contributed by atoms with Gasteiger partial charge in [-0.2, -0.15) is 14.9 Å². The average molecular weight is 321 g/mol. The molecule has 3 aromatic heterocycles. The molecule has 0 aromatic carbocycles. The lowest BCUT2D eigenvalue weighted by atomic mass is 10.2. The van der Waals surface area contributed by atoms with E-state index in [1.54, 1.807) is 10.7 Å². The van der Waals surface area contributed by atoms with Crippen LogP contribution in [0.25, 0.3) is 5.65 Å². The molecule has 0 bridgehead atoms. The van der Waals surface area contributed by atoms with E-state index in [0.717, 1.165) is 29.8 Å². The Hall–Kier alpha value is -3.14. The number of aryl methyl sites for hydroxylation is 2. The van der Waals surface area contributed by atoms with Crippen molar-refractivity contribution >= 4 is 17.3 Å². The fraction of sp³-hybridized carbons (Fsp3) is 0.294. The number of fused-ring (bicyclic) bond motifs is 1. The summed E-state index contributed by atoms with van der Waals surface area (Å²) in [5.74, 6) is 0.804. The van der Waals surface area contributed by atoms with E-state index >= 15 is 0 Å². The van der Waals surface area contributed by atoms with Crippen LogP contribution in [-0.4, -0.2) is 26.1 Å². The maximum atomic E-state index is 9.44. The van der Waals surface area contributed by atoms with Gasteiger partial charge in [0.2, 0.25) is 0 Å². The highest BCUT2D eigenvalue weighted by molar-refractivity contribution is 5.69. The minimum absolute atomic E-state index is 0.311.